The maximum absolute atomic E-state index is 13.7. The molecule has 0 atom stereocenters. The van der Waals surface area contributed by atoms with Crippen LogP contribution in [0.5, 0.6) is 5.75 Å². The highest BCUT2D eigenvalue weighted by Gasteiger charge is 2.42. The molecule has 0 bridgehead atoms. The van der Waals surface area contributed by atoms with Gasteiger partial charge in [0.2, 0.25) is 11.9 Å². The molecule has 7 heteroatoms. The van der Waals surface area contributed by atoms with Gasteiger partial charge in [0.15, 0.2) is 11.6 Å². The average molecular weight is 291 g/mol. The van der Waals surface area contributed by atoms with E-state index in [4.69, 9.17) is 11.5 Å². The quantitative estimate of drug-likeness (QED) is 0.732. The number of aromatic hydroxyl groups is 1. The number of rotatable bonds is 1. The highest BCUT2D eigenvalue weighted by atomic mass is 19.1. The minimum atomic E-state index is -0.700. The van der Waals surface area contributed by atoms with Gasteiger partial charge in [0.05, 0.1) is 0 Å². The molecule has 0 aromatic heterocycles. The van der Waals surface area contributed by atoms with Gasteiger partial charge in [-0.25, -0.2) is 9.38 Å². The lowest BCUT2D eigenvalue weighted by Gasteiger charge is -2.45. The lowest BCUT2D eigenvalue weighted by molar-refractivity contribution is 0.305. The van der Waals surface area contributed by atoms with Crippen molar-refractivity contribution in [1.29, 1.82) is 0 Å². The zero-order valence-corrected chi connectivity index (χ0v) is 11.6. The molecule has 0 saturated heterocycles. The minimum absolute atomic E-state index is 0.157. The van der Waals surface area contributed by atoms with Gasteiger partial charge in [-0.15, -0.1) is 0 Å². The normalized spacial score (nSPS) is 21.1. The van der Waals surface area contributed by atoms with E-state index in [1.165, 1.54) is 12.1 Å². The van der Waals surface area contributed by atoms with E-state index in [9.17, 15) is 9.50 Å². The molecule has 21 heavy (non-hydrogen) atoms. The number of phenols is 1. The summed E-state index contributed by atoms with van der Waals surface area (Å²) in [5.41, 5.74) is 11.7. The summed E-state index contributed by atoms with van der Waals surface area (Å²) in [4.78, 5) is 10.2. The van der Waals surface area contributed by atoms with Crippen LogP contribution in [-0.2, 0) is 0 Å². The van der Waals surface area contributed by atoms with Crippen molar-refractivity contribution in [2.45, 2.75) is 37.8 Å². The van der Waals surface area contributed by atoms with Crippen molar-refractivity contribution >= 4 is 17.6 Å². The summed E-state index contributed by atoms with van der Waals surface area (Å²) in [5.74, 6) is -0.736. The molecule has 1 aliphatic heterocycles. The van der Waals surface area contributed by atoms with E-state index in [0.29, 0.717) is 5.69 Å². The first-order valence-electron chi connectivity index (χ1n) is 7.00. The van der Waals surface area contributed by atoms with E-state index in [-0.39, 0.29) is 11.9 Å². The van der Waals surface area contributed by atoms with Gasteiger partial charge in [-0.05, 0) is 37.8 Å². The van der Waals surface area contributed by atoms with Crippen molar-refractivity contribution in [3.8, 4) is 5.75 Å². The average Bonchev–Trinajstić information content (AvgIpc) is 2.42. The van der Waals surface area contributed by atoms with Gasteiger partial charge in [-0.2, -0.15) is 4.99 Å². The monoisotopic (exact) mass is 291 g/mol. The van der Waals surface area contributed by atoms with E-state index in [0.717, 1.165) is 32.1 Å². The van der Waals surface area contributed by atoms with Crippen LogP contribution in [0, 0.1) is 5.82 Å². The van der Waals surface area contributed by atoms with Gasteiger partial charge in [-0.3, -0.25) is 4.90 Å². The van der Waals surface area contributed by atoms with Crippen molar-refractivity contribution in [3.63, 3.8) is 0 Å². The number of benzene rings is 1. The van der Waals surface area contributed by atoms with Gasteiger partial charge < -0.3 is 16.6 Å². The summed E-state index contributed by atoms with van der Waals surface area (Å²) >= 11 is 0. The Kier molecular flexibility index (Phi) is 3.19. The van der Waals surface area contributed by atoms with Gasteiger partial charge in [0.1, 0.15) is 5.66 Å². The van der Waals surface area contributed by atoms with Gasteiger partial charge in [-0.1, -0.05) is 6.42 Å². The molecule has 1 spiro atoms. The molecule has 3 rings (SSSR count). The molecule has 6 nitrogen and oxygen atoms in total. The maximum Gasteiger partial charge on any atom is 0.220 e. The topological polar surface area (TPSA) is 100 Å². The maximum atomic E-state index is 13.7. The second-order valence-corrected chi connectivity index (χ2v) is 5.45. The molecule has 0 unspecified atom stereocenters. The predicted octanol–water partition coefficient (Wildman–Crippen LogP) is 1.64. The number of halogens is 1. The van der Waals surface area contributed by atoms with Crippen LogP contribution in [-0.4, -0.2) is 22.7 Å². The summed E-state index contributed by atoms with van der Waals surface area (Å²) in [6, 6.07) is 4.15. The largest absolute Gasteiger partial charge is 0.505 e. The van der Waals surface area contributed by atoms with Gasteiger partial charge in [0, 0.05) is 11.8 Å². The van der Waals surface area contributed by atoms with Crippen molar-refractivity contribution in [2.75, 3.05) is 4.90 Å². The second-order valence-electron chi connectivity index (χ2n) is 5.45. The standard InChI is InChI=1S/C14H18FN5O/c15-10-8-9(4-5-11(10)21)20-13(17)18-12(16)19-14(20)6-2-1-3-7-14/h4-5,8,21H,1-3,6-7H2,(H4,16,17,18,19). The molecule has 5 N–H and O–H groups in total. The van der Waals surface area contributed by atoms with Crippen LogP contribution in [0.4, 0.5) is 10.1 Å². The molecule has 0 amide bonds. The van der Waals surface area contributed by atoms with Crippen LogP contribution in [0.2, 0.25) is 0 Å². The highest BCUT2D eigenvalue weighted by Crippen LogP contribution is 2.40. The Balaban J connectivity index is 2.08. The summed E-state index contributed by atoms with van der Waals surface area (Å²) in [5, 5.41) is 9.35. The predicted molar refractivity (Wildman–Crippen MR) is 79.6 cm³/mol. The van der Waals surface area contributed by atoms with E-state index in [2.05, 4.69) is 9.98 Å². The Morgan fingerprint density at radius 3 is 2.57 bits per heavy atom. The molecule has 1 fully saturated rings. The lowest BCUT2D eigenvalue weighted by atomic mass is 9.87. The van der Waals surface area contributed by atoms with Crippen LogP contribution in [0.1, 0.15) is 32.1 Å². The summed E-state index contributed by atoms with van der Waals surface area (Å²) in [6.07, 6.45) is 4.70. The second kappa shape index (κ2) is 4.91. The van der Waals surface area contributed by atoms with Crippen LogP contribution >= 0.6 is 0 Å². The number of hydrogen-bond donors (Lipinski definition) is 3. The Labute approximate surface area is 122 Å². The molecule has 1 aliphatic carbocycles. The molecule has 1 heterocycles. The van der Waals surface area contributed by atoms with Crippen LogP contribution in [0.25, 0.3) is 0 Å². The first kappa shape index (κ1) is 13.7. The molecule has 0 radical (unpaired) electrons. The zero-order chi connectivity index (χ0) is 15.0. The molecule has 1 aromatic carbocycles. The molecule has 112 valence electrons. The van der Waals surface area contributed by atoms with E-state index < -0.39 is 17.2 Å². The van der Waals surface area contributed by atoms with E-state index >= 15 is 0 Å². The first-order valence-corrected chi connectivity index (χ1v) is 7.00. The molecule has 1 saturated carbocycles. The lowest BCUT2D eigenvalue weighted by Crippen LogP contribution is -2.58. The van der Waals surface area contributed by atoms with Crippen molar-refractivity contribution in [1.82, 2.24) is 0 Å². The third-order valence-electron chi connectivity index (χ3n) is 4.04. The fourth-order valence-electron chi connectivity index (χ4n) is 3.13. The van der Waals surface area contributed by atoms with E-state index in [1.54, 1.807) is 11.0 Å². The number of anilines is 1. The van der Waals surface area contributed by atoms with Crippen molar-refractivity contribution in [3.05, 3.63) is 24.0 Å². The van der Waals surface area contributed by atoms with Gasteiger partial charge in [0.25, 0.3) is 0 Å². The summed E-state index contributed by atoms with van der Waals surface area (Å²) in [7, 11) is 0. The number of nitrogens with zero attached hydrogens (tertiary/aromatic N) is 3. The zero-order valence-electron chi connectivity index (χ0n) is 11.6. The highest BCUT2D eigenvalue weighted by molar-refractivity contribution is 6.05. The molecule has 2 aliphatic rings. The van der Waals surface area contributed by atoms with Crippen molar-refractivity contribution in [2.24, 2.45) is 21.5 Å². The smallest absolute Gasteiger partial charge is 0.220 e. The van der Waals surface area contributed by atoms with Crippen LogP contribution in [0.3, 0.4) is 0 Å². The molecular formula is C14H18FN5O. The Morgan fingerprint density at radius 2 is 1.90 bits per heavy atom. The Hall–Kier alpha value is -2.31. The van der Waals surface area contributed by atoms with Crippen LogP contribution in [0.15, 0.2) is 28.2 Å². The number of hydrogen-bond acceptors (Lipinski definition) is 6. The fraction of sp³-hybridized carbons (Fsp3) is 0.429. The van der Waals surface area contributed by atoms with Gasteiger partial charge >= 0.3 is 0 Å². The number of aliphatic imine (C=N–C) groups is 2. The Bertz CT molecular complexity index is 622. The van der Waals surface area contributed by atoms with Crippen LogP contribution < -0.4 is 16.4 Å². The van der Waals surface area contributed by atoms with Crippen molar-refractivity contribution < 1.29 is 9.50 Å². The minimum Gasteiger partial charge on any atom is -0.505 e. The summed E-state index contributed by atoms with van der Waals surface area (Å²) in [6.45, 7) is 0. The first-order chi connectivity index (χ1) is 10.0. The number of nitrogens with two attached hydrogens (primary N) is 2. The SMILES string of the molecule is NC1=NC2(CCCCC2)N(c2ccc(O)c(F)c2)C(N)=N1. The molecular weight excluding hydrogens is 273 g/mol. The van der Waals surface area contributed by atoms with E-state index in [1.807, 2.05) is 0 Å². The number of guanidine groups is 2. The molecule has 1 aromatic rings. The summed E-state index contributed by atoms with van der Waals surface area (Å²) < 4.78 is 13.7. The third kappa shape index (κ3) is 2.28. The number of phenolic OH excluding ortho intramolecular Hbond substituents is 1. The Morgan fingerprint density at radius 1 is 1.19 bits per heavy atom. The third-order valence-corrected chi connectivity index (χ3v) is 4.04. The fourth-order valence-corrected chi connectivity index (χ4v) is 3.13.